The van der Waals surface area contributed by atoms with Crippen molar-refractivity contribution < 1.29 is 23.6 Å². The van der Waals surface area contributed by atoms with E-state index in [-0.39, 0.29) is 6.10 Å². The summed E-state index contributed by atoms with van der Waals surface area (Å²) < 4.78 is 18.1. The molecule has 1 saturated carbocycles. The van der Waals surface area contributed by atoms with E-state index in [1.807, 2.05) is 21.1 Å². The number of quaternary nitrogens is 1. The molecule has 0 aromatic heterocycles. The Morgan fingerprint density at radius 3 is 2.00 bits per heavy atom. The molecule has 1 aliphatic rings. The van der Waals surface area contributed by atoms with Gasteiger partial charge in [0.05, 0.1) is 27.2 Å². The van der Waals surface area contributed by atoms with Crippen LogP contribution in [0, 0.1) is 5.92 Å². The van der Waals surface area contributed by atoms with E-state index in [4.69, 9.17) is 4.74 Å². The zero-order valence-corrected chi connectivity index (χ0v) is 18.4. The zero-order chi connectivity index (χ0) is 19.6. The molecule has 2 N–H and O–H groups in total. The van der Waals surface area contributed by atoms with Gasteiger partial charge in [-0.2, -0.15) is 0 Å². The highest BCUT2D eigenvalue weighted by molar-refractivity contribution is 7.52. The standard InChI is InChI=1S/C20H42NO4P/c1-5-6-7-8-9-10-11-12-18-13-15-19(16-14-18)25-20(26(22,23)24)17-21(2,3)4/h18-20H,5-17H2,1-4H3,(H-,22,23,24)/p+1/t18-,19+,20?. The van der Waals surface area contributed by atoms with E-state index in [9.17, 15) is 14.4 Å². The number of hydrogen-bond acceptors (Lipinski definition) is 2. The Bertz CT molecular complexity index is 411. The molecule has 0 amide bonds. The lowest BCUT2D eigenvalue weighted by Gasteiger charge is -2.34. The van der Waals surface area contributed by atoms with Gasteiger partial charge in [-0.3, -0.25) is 4.57 Å². The summed E-state index contributed by atoms with van der Waals surface area (Å²) in [5.41, 5.74) is 0. The molecule has 0 heterocycles. The van der Waals surface area contributed by atoms with Crippen molar-refractivity contribution in [2.24, 2.45) is 5.92 Å². The fourth-order valence-corrected chi connectivity index (χ4v) is 4.90. The minimum atomic E-state index is -4.23. The molecule has 1 aliphatic carbocycles. The first-order valence-corrected chi connectivity index (χ1v) is 12.3. The average molecular weight is 393 g/mol. The van der Waals surface area contributed by atoms with Gasteiger partial charge < -0.3 is 19.0 Å². The molecule has 1 fully saturated rings. The van der Waals surface area contributed by atoms with Crippen LogP contribution in [0.4, 0.5) is 0 Å². The number of nitrogens with zero attached hydrogens (tertiary/aromatic N) is 1. The van der Waals surface area contributed by atoms with Gasteiger partial charge in [-0.1, -0.05) is 58.3 Å². The van der Waals surface area contributed by atoms with Gasteiger partial charge in [0.2, 0.25) is 5.85 Å². The van der Waals surface area contributed by atoms with E-state index in [0.29, 0.717) is 11.0 Å². The van der Waals surface area contributed by atoms with E-state index in [2.05, 4.69) is 6.92 Å². The Hall–Kier alpha value is 0.0700. The largest absolute Gasteiger partial charge is 0.359 e. The maximum Gasteiger partial charge on any atom is 0.359 e. The third kappa shape index (κ3) is 11.0. The van der Waals surface area contributed by atoms with Gasteiger partial charge in [-0.15, -0.1) is 0 Å². The summed E-state index contributed by atoms with van der Waals surface area (Å²) in [4.78, 5) is 19.2. The Kier molecular flexibility index (Phi) is 11.0. The van der Waals surface area contributed by atoms with Gasteiger partial charge in [0.1, 0.15) is 6.54 Å². The van der Waals surface area contributed by atoms with Crippen molar-refractivity contribution in [1.29, 1.82) is 0 Å². The van der Waals surface area contributed by atoms with Gasteiger partial charge >= 0.3 is 7.60 Å². The first kappa shape index (κ1) is 24.1. The second-order valence-electron chi connectivity index (χ2n) is 9.21. The summed E-state index contributed by atoms with van der Waals surface area (Å²) in [6, 6.07) is 0. The Labute approximate surface area is 161 Å². The second kappa shape index (κ2) is 11.8. The lowest BCUT2D eigenvalue weighted by atomic mass is 9.84. The number of unbranched alkanes of at least 4 members (excludes halogenated alkanes) is 6. The minimum Gasteiger partial charge on any atom is -0.357 e. The molecule has 0 aromatic carbocycles. The van der Waals surface area contributed by atoms with Crippen molar-refractivity contribution in [3.63, 3.8) is 0 Å². The van der Waals surface area contributed by atoms with Crippen molar-refractivity contribution >= 4 is 7.60 Å². The van der Waals surface area contributed by atoms with Crippen LogP contribution in [0.15, 0.2) is 0 Å². The molecule has 0 aromatic rings. The van der Waals surface area contributed by atoms with Crippen LogP contribution >= 0.6 is 7.60 Å². The fourth-order valence-electron chi connectivity index (χ4n) is 3.87. The van der Waals surface area contributed by atoms with Crippen molar-refractivity contribution in [1.82, 2.24) is 0 Å². The molecular weight excluding hydrogens is 349 g/mol. The summed E-state index contributed by atoms with van der Waals surface area (Å²) in [6.07, 6.45) is 15.0. The van der Waals surface area contributed by atoms with E-state index >= 15 is 0 Å². The van der Waals surface area contributed by atoms with Crippen LogP contribution in [0.3, 0.4) is 0 Å². The summed E-state index contributed by atoms with van der Waals surface area (Å²) in [5, 5.41) is 0. The normalized spacial score (nSPS) is 23.2. The quantitative estimate of drug-likeness (QED) is 0.265. The average Bonchev–Trinajstić information content (AvgIpc) is 2.53. The summed E-state index contributed by atoms with van der Waals surface area (Å²) >= 11 is 0. The number of ether oxygens (including phenoxy) is 1. The van der Waals surface area contributed by atoms with Crippen LogP contribution in [0.5, 0.6) is 0 Å². The van der Waals surface area contributed by atoms with E-state index < -0.39 is 13.4 Å². The number of hydrogen-bond donors (Lipinski definition) is 2. The van der Waals surface area contributed by atoms with Crippen LogP contribution in [0.2, 0.25) is 0 Å². The van der Waals surface area contributed by atoms with E-state index in [1.165, 1.54) is 51.4 Å². The molecule has 5 nitrogen and oxygen atoms in total. The van der Waals surface area contributed by atoms with Crippen LogP contribution in [0.25, 0.3) is 0 Å². The highest BCUT2D eigenvalue weighted by Gasteiger charge is 2.37. The van der Waals surface area contributed by atoms with Crippen molar-refractivity contribution in [2.45, 2.75) is 95.9 Å². The van der Waals surface area contributed by atoms with E-state index in [1.54, 1.807) is 0 Å². The predicted molar refractivity (Wildman–Crippen MR) is 108 cm³/mol. The van der Waals surface area contributed by atoms with Crippen molar-refractivity contribution in [2.75, 3.05) is 27.7 Å². The Balaban J connectivity index is 2.24. The third-order valence-corrected chi connectivity index (χ3v) is 6.47. The van der Waals surface area contributed by atoms with Crippen LogP contribution in [0.1, 0.15) is 84.0 Å². The highest BCUT2D eigenvalue weighted by Crippen LogP contribution is 2.44. The molecule has 0 spiro atoms. The molecule has 0 bridgehead atoms. The fraction of sp³-hybridized carbons (Fsp3) is 1.00. The van der Waals surface area contributed by atoms with Crippen LogP contribution in [-0.4, -0.2) is 53.9 Å². The van der Waals surface area contributed by atoms with Gasteiger partial charge in [0.25, 0.3) is 0 Å². The minimum absolute atomic E-state index is 0.00414. The van der Waals surface area contributed by atoms with Crippen LogP contribution < -0.4 is 0 Å². The zero-order valence-electron chi connectivity index (χ0n) is 17.5. The molecule has 6 heteroatoms. The first-order valence-electron chi connectivity index (χ1n) is 10.6. The molecule has 1 rings (SSSR count). The monoisotopic (exact) mass is 392 g/mol. The van der Waals surface area contributed by atoms with Gasteiger partial charge in [0, 0.05) is 0 Å². The molecule has 0 saturated heterocycles. The molecule has 156 valence electrons. The molecule has 0 aliphatic heterocycles. The number of rotatable bonds is 13. The first-order chi connectivity index (χ1) is 12.1. The van der Waals surface area contributed by atoms with Gasteiger partial charge in [0.15, 0.2) is 0 Å². The lowest BCUT2D eigenvalue weighted by Crippen LogP contribution is -2.43. The van der Waals surface area contributed by atoms with Crippen molar-refractivity contribution in [3.05, 3.63) is 0 Å². The van der Waals surface area contributed by atoms with Gasteiger partial charge in [-0.25, -0.2) is 0 Å². The molecule has 0 radical (unpaired) electrons. The topological polar surface area (TPSA) is 66.8 Å². The molecule has 1 unspecified atom stereocenters. The Morgan fingerprint density at radius 2 is 1.50 bits per heavy atom. The summed E-state index contributed by atoms with van der Waals surface area (Å²) in [5.74, 6) is -0.204. The maximum atomic E-state index is 11.8. The lowest BCUT2D eigenvalue weighted by molar-refractivity contribution is -0.872. The number of likely N-dealkylation sites (N-methyl/N-ethyl adjacent to an activating group) is 1. The predicted octanol–water partition coefficient (Wildman–Crippen LogP) is 4.91. The molecular formula is C20H43NO4P+. The highest BCUT2D eigenvalue weighted by atomic mass is 31.2. The van der Waals surface area contributed by atoms with Crippen LogP contribution in [-0.2, 0) is 9.30 Å². The van der Waals surface area contributed by atoms with Crippen molar-refractivity contribution in [3.8, 4) is 0 Å². The smallest absolute Gasteiger partial charge is 0.357 e. The summed E-state index contributed by atoms with van der Waals surface area (Å²) in [7, 11) is 1.58. The second-order valence-corrected chi connectivity index (χ2v) is 11.0. The molecule has 26 heavy (non-hydrogen) atoms. The maximum absolute atomic E-state index is 11.8. The summed E-state index contributed by atoms with van der Waals surface area (Å²) in [6.45, 7) is 2.59. The van der Waals surface area contributed by atoms with E-state index in [0.717, 1.165) is 31.6 Å². The third-order valence-electron chi connectivity index (χ3n) is 5.44. The Morgan fingerprint density at radius 1 is 0.962 bits per heavy atom. The van der Waals surface area contributed by atoms with Gasteiger partial charge in [-0.05, 0) is 31.6 Å². The SMILES string of the molecule is CCCCCCCCC[C@H]1CC[C@@H](OC(C[N+](C)(C)C)P(=O)(O)O)CC1. The molecule has 1 atom stereocenters.